The highest BCUT2D eigenvalue weighted by atomic mass is 15.3. The van der Waals surface area contributed by atoms with Gasteiger partial charge < -0.3 is 9.80 Å². The Morgan fingerprint density at radius 1 is 1.05 bits per heavy atom. The van der Waals surface area contributed by atoms with E-state index in [1.807, 2.05) is 33.0 Å². The van der Waals surface area contributed by atoms with Gasteiger partial charge in [0.05, 0.1) is 5.69 Å². The molecule has 0 aliphatic heterocycles. The fourth-order valence-electron chi connectivity index (χ4n) is 2.00. The van der Waals surface area contributed by atoms with Crippen LogP contribution in [0.25, 0.3) is 0 Å². The summed E-state index contributed by atoms with van der Waals surface area (Å²) in [5.74, 6) is 0.693. The van der Waals surface area contributed by atoms with E-state index in [9.17, 15) is 5.26 Å². The Morgan fingerprint density at radius 2 is 1.74 bits per heavy atom. The third kappa shape index (κ3) is 3.65. The van der Waals surface area contributed by atoms with Crippen molar-refractivity contribution in [1.29, 1.82) is 5.26 Å². The molecule has 0 bridgehead atoms. The van der Waals surface area contributed by atoms with Crippen molar-refractivity contribution in [2.24, 2.45) is 0 Å². The molecule has 0 fully saturated rings. The summed E-state index contributed by atoms with van der Waals surface area (Å²) in [5.41, 5.74) is 2.64. The van der Waals surface area contributed by atoms with E-state index in [2.05, 4.69) is 28.1 Å². The van der Waals surface area contributed by atoms with Crippen LogP contribution in [0, 0.1) is 11.3 Å². The number of nitriles is 1. The van der Waals surface area contributed by atoms with Gasteiger partial charge in [-0.3, -0.25) is 0 Å². The normalized spacial score (nSPS) is 10.6. The molecule has 0 saturated carbocycles. The van der Waals surface area contributed by atoms with Gasteiger partial charge in [0, 0.05) is 20.1 Å². The number of hydrogen-bond acceptors (Lipinski definition) is 5. The summed E-state index contributed by atoms with van der Waals surface area (Å²) in [6.45, 7) is 5.84. The van der Waals surface area contributed by atoms with Crippen LogP contribution >= 0.6 is 0 Å². The predicted octanol–water partition coefficient (Wildman–Crippen LogP) is 1.47. The maximum atomic E-state index is 9.42. The number of rotatable bonds is 6. The molecule has 0 unspecified atom stereocenters. The zero-order valence-electron chi connectivity index (χ0n) is 12.6. The number of nitrogens with zero attached hydrogens (tertiary/aromatic N) is 5. The zero-order valence-corrected chi connectivity index (χ0v) is 12.6. The first-order valence-electron chi connectivity index (χ1n) is 6.69. The van der Waals surface area contributed by atoms with Gasteiger partial charge in [0.15, 0.2) is 5.82 Å². The van der Waals surface area contributed by atoms with Crippen LogP contribution in [-0.4, -0.2) is 49.3 Å². The van der Waals surface area contributed by atoms with E-state index in [0.717, 1.165) is 37.2 Å². The van der Waals surface area contributed by atoms with Crippen LogP contribution in [0.1, 0.15) is 30.7 Å². The van der Waals surface area contributed by atoms with E-state index >= 15 is 0 Å². The van der Waals surface area contributed by atoms with E-state index in [4.69, 9.17) is 0 Å². The third-order valence-electron chi connectivity index (χ3n) is 3.18. The van der Waals surface area contributed by atoms with Crippen LogP contribution in [-0.2, 0) is 12.8 Å². The Morgan fingerprint density at radius 3 is 2.21 bits per heavy atom. The van der Waals surface area contributed by atoms with Crippen molar-refractivity contribution in [3.05, 3.63) is 16.8 Å². The van der Waals surface area contributed by atoms with Crippen LogP contribution in [0.4, 0.5) is 5.82 Å². The fraction of sp³-hybridized carbons (Fsp3) is 0.643. The Balaban J connectivity index is 3.11. The van der Waals surface area contributed by atoms with Gasteiger partial charge in [-0.25, -0.2) is 0 Å². The summed E-state index contributed by atoms with van der Waals surface area (Å²) in [5, 5.41) is 17.9. The first-order valence-corrected chi connectivity index (χ1v) is 6.69. The Hall–Kier alpha value is -1.67. The van der Waals surface area contributed by atoms with E-state index in [0.29, 0.717) is 11.4 Å². The van der Waals surface area contributed by atoms with E-state index < -0.39 is 0 Å². The highest BCUT2D eigenvalue weighted by Gasteiger charge is 2.17. The Kier molecular flexibility index (Phi) is 5.71. The SMILES string of the molecule is CCc1nnc(N(C)CCN(C)C)c(C#N)c1CC. The minimum Gasteiger partial charge on any atom is -0.356 e. The molecular weight excluding hydrogens is 238 g/mol. The van der Waals surface area contributed by atoms with Gasteiger partial charge >= 0.3 is 0 Å². The average Bonchev–Trinajstić information content (AvgIpc) is 2.42. The van der Waals surface area contributed by atoms with Gasteiger partial charge in [-0.2, -0.15) is 10.4 Å². The van der Waals surface area contributed by atoms with E-state index in [-0.39, 0.29) is 0 Å². The average molecular weight is 261 g/mol. The lowest BCUT2D eigenvalue weighted by Crippen LogP contribution is -2.30. The number of anilines is 1. The predicted molar refractivity (Wildman–Crippen MR) is 77.3 cm³/mol. The molecule has 1 rings (SSSR count). The number of likely N-dealkylation sites (N-methyl/N-ethyl adjacent to an activating group) is 2. The minimum absolute atomic E-state index is 0.676. The van der Waals surface area contributed by atoms with Gasteiger partial charge in [0.1, 0.15) is 11.6 Å². The lowest BCUT2D eigenvalue weighted by atomic mass is 10.0. The maximum absolute atomic E-state index is 9.42. The van der Waals surface area contributed by atoms with Gasteiger partial charge in [-0.1, -0.05) is 13.8 Å². The molecule has 0 radical (unpaired) electrons. The maximum Gasteiger partial charge on any atom is 0.169 e. The largest absolute Gasteiger partial charge is 0.356 e. The first-order chi connectivity index (χ1) is 9.04. The summed E-state index contributed by atoms with van der Waals surface area (Å²) >= 11 is 0. The molecular formula is C14H23N5. The molecule has 0 spiro atoms. The van der Waals surface area contributed by atoms with Gasteiger partial charge in [0.2, 0.25) is 0 Å². The second kappa shape index (κ2) is 7.05. The molecule has 19 heavy (non-hydrogen) atoms. The topological polar surface area (TPSA) is 56.1 Å². The van der Waals surface area contributed by atoms with Gasteiger partial charge in [-0.05, 0) is 32.5 Å². The van der Waals surface area contributed by atoms with Crippen molar-refractivity contribution in [1.82, 2.24) is 15.1 Å². The monoisotopic (exact) mass is 261 g/mol. The van der Waals surface area contributed by atoms with Crippen molar-refractivity contribution < 1.29 is 0 Å². The Bertz CT molecular complexity index is 462. The molecule has 0 atom stereocenters. The highest BCUT2D eigenvalue weighted by molar-refractivity contribution is 5.57. The van der Waals surface area contributed by atoms with Gasteiger partial charge in [-0.15, -0.1) is 5.10 Å². The molecule has 1 aromatic rings. The van der Waals surface area contributed by atoms with Gasteiger partial charge in [0.25, 0.3) is 0 Å². The number of aromatic nitrogens is 2. The highest BCUT2D eigenvalue weighted by Crippen LogP contribution is 2.22. The summed E-state index contributed by atoms with van der Waals surface area (Å²) in [6, 6.07) is 2.30. The zero-order chi connectivity index (χ0) is 14.4. The Labute approximate surface area is 115 Å². The molecule has 5 heteroatoms. The summed E-state index contributed by atoms with van der Waals surface area (Å²) < 4.78 is 0. The lowest BCUT2D eigenvalue weighted by molar-refractivity contribution is 0.416. The lowest BCUT2D eigenvalue weighted by Gasteiger charge is -2.22. The van der Waals surface area contributed by atoms with Crippen LogP contribution < -0.4 is 4.90 Å². The molecule has 104 valence electrons. The fourth-order valence-corrected chi connectivity index (χ4v) is 2.00. The molecule has 0 aliphatic rings. The van der Waals surface area contributed by atoms with E-state index in [1.165, 1.54) is 0 Å². The minimum atomic E-state index is 0.676. The molecule has 0 amide bonds. The molecule has 1 aromatic heterocycles. The standard InChI is InChI=1S/C14H23N5/c1-6-11-12(10-15)14(17-16-13(11)7-2)19(5)9-8-18(3)4/h6-9H2,1-5H3. The molecule has 0 aliphatic carbocycles. The van der Waals surface area contributed by atoms with Crippen LogP contribution in [0.3, 0.4) is 0 Å². The number of hydrogen-bond donors (Lipinski definition) is 0. The summed E-state index contributed by atoms with van der Waals surface area (Å²) in [4.78, 5) is 4.11. The quantitative estimate of drug-likeness (QED) is 0.776. The van der Waals surface area contributed by atoms with Crippen LogP contribution in [0.15, 0.2) is 0 Å². The van der Waals surface area contributed by atoms with Crippen molar-refractivity contribution in [2.75, 3.05) is 39.1 Å². The summed E-state index contributed by atoms with van der Waals surface area (Å²) in [6.07, 6.45) is 1.63. The van der Waals surface area contributed by atoms with Crippen molar-refractivity contribution in [3.8, 4) is 6.07 Å². The van der Waals surface area contributed by atoms with E-state index in [1.54, 1.807) is 0 Å². The smallest absolute Gasteiger partial charge is 0.169 e. The second-order valence-electron chi connectivity index (χ2n) is 4.87. The van der Waals surface area contributed by atoms with Crippen molar-refractivity contribution >= 4 is 5.82 Å². The molecule has 0 saturated heterocycles. The van der Waals surface area contributed by atoms with Crippen LogP contribution in [0.2, 0.25) is 0 Å². The molecule has 0 N–H and O–H groups in total. The number of aryl methyl sites for hydroxylation is 1. The molecule has 1 heterocycles. The first kappa shape index (κ1) is 15.4. The van der Waals surface area contributed by atoms with Crippen LogP contribution in [0.5, 0.6) is 0 Å². The third-order valence-corrected chi connectivity index (χ3v) is 3.18. The van der Waals surface area contributed by atoms with Crippen molar-refractivity contribution in [2.45, 2.75) is 26.7 Å². The molecule has 5 nitrogen and oxygen atoms in total. The molecule has 0 aromatic carbocycles. The van der Waals surface area contributed by atoms with Crippen molar-refractivity contribution in [3.63, 3.8) is 0 Å². The second-order valence-corrected chi connectivity index (χ2v) is 4.87. The summed E-state index contributed by atoms with van der Waals surface area (Å²) in [7, 11) is 6.02.